The van der Waals surface area contributed by atoms with Crippen molar-refractivity contribution in [2.75, 3.05) is 4.72 Å². The van der Waals surface area contributed by atoms with Gasteiger partial charge in [-0.2, -0.15) is 0 Å². The zero-order valence-electron chi connectivity index (χ0n) is 16.7. The van der Waals surface area contributed by atoms with Gasteiger partial charge in [-0.15, -0.1) is 10.2 Å². The first-order chi connectivity index (χ1) is 15.4. The number of ether oxygens (including phenoxy) is 1. The second-order valence-corrected chi connectivity index (χ2v) is 9.12. The Bertz CT molecular complexity index is 1550. The summed E-state index contributed by atoms with van der Waals surface area (Å²) in [5.41, 5.74) is 2.51. The molecule has 2 aromatic heterocycles. The van der Waals surface area contributed by atoms with Gasteiger partial charge in [0.1, 0.15) is 11.6 Å². The van der Waals surface area contributed by atoms with Crippen molar-refractivity contribution < 1.29 is 13.2 Å². The van der Waals surface area contributed by atoms with E-state index < -0.39 is 10.0 Å². The lowest BCUT2D eigenvalue weighted by Gasteiger charge is -2.11. The molecule has 2 heterocycles. The number of sulfonamides is 1. The molecular weight excluding hydrogens is 450 g/mol. The number of aromatic nitrogens is 4. The minimum atomic E-state index is -3.74. The van der Waals surface area contributed by atoms with Crippen LogP contribution < -0.4 is 9.46 Å². The van der Waals surface area contributed by atoms with E-state index in [0.717, 1.165) is 16.9 Å². The van der Waals surface area contributed by atoms with Crippen LogP contribution in [0.2, 0.25) is 5.02 Å². The number of nitrogens with zero attached hydrogens (tertiary/aromatic N) is 4. The third-order valence-corrected chi connectivity index (χ3v) is 6.45. The van der Waals surface area contributed by atoms with Gasteiger partial charge in [-0.1, -0.05) is 23.7 Å². The lowest BCUT2D eigenvalue weighted by atomic mass is 10.3. The molecule has 0 spiro atoms. The van der Waals surface area contributed by atoms with Crippen LogP contribution in [0.4, 0.5) is 5.69 Å². The first-order valence-electron chi connectivity index (χ1n) is 9.57. The first-order valence-corrected chi connectivity index (χ1v) is 11.4. The van der Waals surface area contributed by atoms with Crippen LogP contribution in [-0.4, -0.2) is 28.0 Å². The van der Waals surface area contributed by atoms with Crippen molar-refractivity contribution in [3.05, 3.63) is 83.6 Å². The second-order valence-electron chi connectivity index (χ2n) is 7.00. The van der Waals surface area contributed by atoms with Gasteiger partial charge in [-0.05, 0) is 67.6 Å². The Balaban J connectivity index is 1.43. The fraction of sp³-hybridized carbons (Fsp3) is 0.0455. The highest BCUT2D eigenvalue weighted by molar-refractivity contribution is 7.92. The Kier molecular flexibility index (Phi) is 4.91. The standard InChI is InChI=1S/C22H16ClN5O3S/c1-14-25-26-21-22(24-19-4-2-3-5-20(19)28(14)21)31-17-10-8-16(9-11-17)27-32(29,30)18-12-6-15(23)7-13-18/h2-13,27H,1H3. The van der Waals surface area contributed by atoms with Gasteiger partial charge in [0.15, 0.2) is 0 Å². The maximum Gasteiger partial charge on any atom is 0.266 e. The number of halogens is 1. The molecule has 0 saturated carbocycles. The van der Waals surface area contributed by atoms with Crippen molar-refractivity contribution in [1.29, 1.82) is 0 Å². The molecule has 1 N–H and O–H groups in total. The normalized spacial score (nSPS) is 11.7. The number of rotatable bonds is 5. The zero-order valence-corrected chi connectivity index (χ0v) is 18.3. The van der Waals surface area contributed by atoms with E-state index in [4.69, 9.17) is 16.3 Å². The monoisotopic (exact) mass is 465 g/mol. The Morgan fingerprint density at radius 1 is 0.938 bits per heavy atom. The predicted octanol–water partition coefficient (Wildman–Crippen LogP) is 4.83. The number of nitrogens with one attached hydrogen (secondary N) is 1. The molecule has 5 rings (SSSR count). The molecule has 0 fully saturated rings. The SMILES string of the molecule is Cc1nnc2c(Oc3ccc(NS(=O)(=O)c4ccc(Cl)cc4)cc3)nc3ccccc3n12. The van der Waals surface area contributed by atoms with E-state index in [0.29, 0.717) is 28.0 Å². The molecule has 160 valence electrons. The Hall–Kier alpha value is -3.69. The van der Waals surface area contributed by atoms with Crippen LogP contribution in [0.15, 0.2) is 77.7 Å². The summed E-state index contributed by atoms with van der Waals surface area (Å²) in [5, 5.41) is 8.80. The van der Waals surface area contributed by atoms with E-state index >= 15 is 0 Å². The highest BCUT2D eigenvalue weighted by Crippen LogP contribution is 2.28. The highest BCUT2D eigenvalue weighted by Gasteiger charge is 2.16. The summed E-state index contributed by atoms with van der Waals surface area (Å²) < 4.78 is 35.5. The second kappa shape index (κ2) is 7.77. The van der Waals surface area contributed by atoms with Crippen LogP contribution in [0.1, 0.15) is 5.82 Å². The predicted molar refractivity (Wildman–Crippen MR) is 122 cm³/mol. The summed E-state index contributed by atoms with van der Waals surface area (Å²) in [6.07, 6.45) is 0. The van der Waals surface area contributed by atoms with E-state index in [1.54, 1.807) is 24.3 Å². The number of fused-ring (bicyclic) bond motifs is 3. The van der Waals surface area contributed by atoms with Crippen molar-refractivity contribution in [2.45, 2.75) is 11.8 Å². The molecule has 0 aliphatic heterocycles. The average Bonchev–Trinajstić information content (AvgIpc) is 3.17. The van der Waals surface area contributed by atoms with Crippen molar-refractivity contribution in [1.82, 2.24) is 19.6 Å². The Labute approximate surface area is 188 Å². The molecule has 32 heavy (non-hydrogen) atoms. The lowest BCUT2D eigenvalue weighted by molar-refractivity contribution is 0.467. The van der Waals surface area contributed by atoms with Crippen LogP contribution in [0, 0.1) is 6.92 Å². The molecule has 8 nitrogen and oxygen atoms in total. The topological polar surface area (TPSA) is 98.5 Å². The summed E-state index contributed by atoms with van der Waals surface area (Å²) in [6, 6.07) is 20.1. The van der Waals surface area contributed by atoms with Crippen molar-refractivity contribution in [3.8, 4) is 11.6 Å². The lowest BCUT2D eigenvalue weighted by Crippen LogP contribution is -2.12. The fourth-order valence-corrected chi connectivity index (χ4v) is 4.48. The first kappa shape index (κ1) is 20.2. The molecule has 0 radical (unpaired) electrons. The average molecular weight is 466 g/mol. The zero-order chi connectivity index (χ0) is 22.3. The molecular formula is C22H16ClN5O3S. The smallest absolute Gasteiger partial charge is 0.266 e. The molecule has 5 aromatic rings. The highest BCUT2D eigenvalue weighted by atomic mass is 35.5. The Morgan fingerprint density at radius 2 is 1.66 bits per heavy atom. The van der Waals surface area contributed by atoms with Crippen LogP contribution in [-0.2, 0) is 10.0 Å². The van der Waals surface area contributed by atoms with E-state index in [-0.39, 0.29) is 4.90 Å². The summed E-state index contributed by atoms with van der Waals surface area (Å²) in [5.74, 6) is 1.50. The van der Waals surface area contributed by atoms with Gasteiger partial charge in [-0.3, -0.25) is 9.12 Å². The quantitative estimate of drug-likeness (QED) is 0.399. The van der Waals surface area contributed by atoms with Crippen molar-refractivity contribution >= 4 is 44.0 Å². The van der Waals surface area contributed by atoms with Gasteiger partial charge < -0.3 is 4.74 Å². The van der Waals surface area contributed by atoms with Gasteiger partial charge in [0.05, 0.1) is 15.9 Å². The summed E-state index contributed by atoms with van der Waals surface area (Å²) >= 11 is 5.83. The van der Waals surface area contributed by atoms with Gasteiger partial charge in [0, 0.05) is 10.7 Å². The molecule has 0 amide bonds. The molecule has 10 heteroatoms. The number of para-hydroxylation sites is 2. The van der Waals surface area contributed by atoms with Crippen LogP contribution in [0.3, 0.4) is 0 Å². The van der Waals surface area contributed by atoms with Crippen LogP contribution >= 0.6 is 11.6 Å². The minimum absolute atomic E-state index is 0.118. The van der Waals surface area contributed by atoms with Gasteiger partial charge in [0.25, 0.3) is 15.9 Å². The summed E-state index contributed by atoms with van der Waals surface area (Å²) in [7, 11) is -3.74. The third-order valence-electron chi connectivity index (χ3n) is 4.81. The molecule has 0 saturated heterocycles. The largest absolute Gasteiger partial charge is 0.436 e. The maximum absolute atomic E-state index is 12.5. The summed E-state index contributed by atoms with van der Waals surface area (Å²) in [6.45, 7) is 1.86. The Morgan fingerprint density at radius 3 is 2.41 bits per heavy atom. The molecule has 0 aliphatic carbocycles. The molecule has 3 aromatic carbocycles. The molecule has 0 atom stereocenters. The van der Waals surface area contributed by atoms with E-state index in [9.17, 15) is 8.42 Å². The third kappa shape index (κ3) is 3.72. The number of hydrogen-bond acceptors (Lipinski definition) is 6. The minimum Gasteiger partial charge on any atom is -0.436 e. The van der Waals surface area contributed by atoms with Crippen LogP contribution in [0.25, 0.3) is 16.7 Å². The van der Waals surface area contributed by atoms with Gasteiger partial charge in [-0.25, -0.2) is 13.4 Å². The number of hydrogen-bond donors (Lipinski definition) is 1. The van der Waals surface area contributed by atoms with Crippen molar-refractivity contribution in [3.63, 3.8) is 0 Å². The fourth-order valence-electron chi connectivity index (χ4n) is 3.30. The number of anilines is 1. The molecule has 0 bridgehead atoms. The summed E-state index contributed by atoms with van der Waals surface area (Å²) in [4.78, 5) is 4.69. The van der Waals surface area contributed by atoms with E-state index in [1.165, 1.54) is 24.3 Å². The molecule has 0 unspecified atom stereocenters. The molecule has 0 aliphatic rings. The van der Waals surface area contributed by atoms with E-state index in [2.05, 4.69) is 19.9 Å². The van der Waals surface area contributed by atoms with Crippen LogP contribution in [0.5, 0.6) is 11.6 Å². The number of benzene rings is 3. The van der Waals surface area contributed by atoms with Gasteiger partial charge in [0.2, 0.25) is 5.65 Å². The maximum atomic E-state index is 12.5. The van der Waals surface area contributed by atoms with E-state index in [1.807, 2.05) is 35.6 Å². The van der Waals surface area contributed by atoms with Crippen molar-refractivity contribution in [2.24, 2.45) is 0 Å². The van der Waals surface area contributed by atoms with Gasteiger partial charge >= 0.3 is 0 Å². The number of aryl methyl sites for hydroxylation is 1.